The molecule has 0 radical (unpaired) electrons. The highest BCUT2D eigenvalue weighted by molar-refractivity contribution is 7.17. The molecule has 1 aromatic carbocycles. The summed E-state index contributed by atoms with van der Waals surface area (Å²) in [7, 11) is 0. The first kappa shape index (κ1) is 14.6. The van der Waals surface area contributed by atoms with Gasteiger partial charge in [-0.05, 0) is 37.6 Å². The first-order valence-corrected chi connectivity index (χ1v) is 8.29. The van der Waals surface area contributed by atoms with E-state index in [0.717, 1.165) is 28.4 Å². The van der Waals surface area contributed by atoms with Gasteiger partial charge in [-0.2, -0.15) is 0 Å². The molecule has 3 nitrogen and oxygen atoms in total. The van der Waals surface area contributed by atoms with Crippen LogP contribution in [0.1, 0.15) is 23.1 Å². The van der Waals surface area contributed by atoms with Gasteiger partial charge in [-0.1, -0.05) is 24.6 Å². The Balaban J connectivity index is 2.27. The van der Waals surface area contributed by atoms with E-state index in [2.05, 4.69) is 28.4 Å². The van der Waals surface area contributed by atoms with E-state index in [1.54, 1.807) is 11.3 Å². The molecule has 0 saturated heterocycles. The number of nitrogens with two attached hydrogens (primary N) is 1. The van der Waals surface area contributed by atoms with Gasteiger partial charge in [-0.15, -0.1) is 11.3 Å². The largest absolute Gasteiger partial charge is 0.330 e. The molecule has 0 fully saturated rings. The number of hydrogen-bond acceptors (Lipinski definition) is 3. The topological polar surface area (TPSA) is 43.3 Å². The van der Waals surface area contributed by atoms with E-state index in [-0.39, 0.29) is 0 Å². The van der Waals surface area contributed by atoms with E-state index in [0.29, 0.717) is 6.54 Å². The summed E-state index contributed by atoms with van der Waals surface area (Å²) in [4.78, 5) is 6.92. The van der Waals surface area contributed by atoms with Gasteiger partial charge in [0.1, 0.15) is 0 Å². The van der Waals surface area contributed by atoms with E-state index in [9.17, 15) is 0 Å². The van der Waals surface area contributed by atoms with Crippen molar-refractivity contribution in [2.45, 2.75) is 26.7 Å². The Hall–Kier alpha value is -1.36. The number of nitrogens with zero attached hydrogens (tertiary/aromatic N) is 2. The average molecular weight is 320 g/mol. The SMILES string of the molecule is CCc1sc2ncc(CCN)n2c1-c1ccc(Cl)c(C)c1. The molecule has 5 heteroatoms. The summed E-state index contributed by atoms with van der Waals surface area (Å²) in [6, 6.07) is 6.20. The minimum Gasteiger partial charge on any atom is -0.330 e. The lowest BCUT2D eigenvalue weighted by atomic mass is 10.1. The van der Waals surface area contributed by atoms with Crippen LogP contribution in [0.4, 0.5) is 0 Å². The molecule has 3 rings (SSSR count). The van der Waals surface area contributed by atoms with Crippen molar-refractivity contribution >= 4 is 27.9 Å². The molecule has 2 aromatic heterocycles. The minimum atomic E-state index is 0.629. The number of imidazole rings is 1. The standard InChI is InChI=1S/C16H18ClN3S/c1-3-14-15(11-4-5-13(17)10(2)8-11)20-12(6-7-18)9-19-16(20)21-14/h4-5,8-9H,3,6-7,18H2,1-2H3. The van der Waals surface area contributed by atoms with Gasteiger partial charge in [-0.3, -0.25) is 4.40 Å². The lowest BCUT2D eigenvalue weighted by molar-refractivity contribution is 0.909. The van der Waals surface area contributed by atoms with Gasteiger partial charge in [0.2, 0.25) is 0 Å². The summed E-state index contributed by atoms with van der Waals surface area (Å²) in [6.45, 7) is 4.85. The molecule has 3 aromatic rings. The summed E-state index contributed by atoms with van der Waals surface area (Å²) >= 11 is 7.91. The van der Waals surface area contributed by atoms with E-state index in [1.165, 1.54) is 21.8 Å². The molecule has 0 aliphatic carbocycles. The molecule has 0 aliphatic rings. The predicted molar refractivity (Wildman–Crippen MR) is 90.4 cm³/mol. The number of aryl methyl sites for hydroxylation is 2. The van der Waals surface area contributed by atoms with Crippen molar-refractivity contribution < 1.29 is 0 Å². The van der Waals surface area contributed by atoms with Crippen LogP contribution in [0.5, 0.6) is 0 Å². The Morgan fingerprint density at radius 2 is 2.19 bits per heavy atom. The minimum absolute atomic E-state index is 0.629. The maximum Gasteiger partial charge on any atom is 0.194 e. The van der Waals surface area contributed by atoms with Crippen LogP contribution in [0.25, 0.3) is 16.2 Å². The number of benzene rings is 1. The van der Waals surface area contributed by atoms with Crippen molar-refractivity contribution in [2.24, 2.45) is 5.73 Å². The third kappa shape index (κ3) is 2.48. The van der Waals surface area contributed by atoms with Crippen molar-refractivity contribution in [3.8, 4) is 11.3 Å². The zero-order chi connectivity index (χ0) is 15.0. The highest BCUT2D eigenvalue weighted by atomic mass is 35.5. The number of hydrogen-bond donors (Lipinski definition) is 1. The fourth-order valence-electron chi connectivity index (χ4n) is 2.61. The van der Waals surface area contributed by atoms with Gasteiger partial charge < -0.3 is 5.73 Å². The fourth-order valence-corrected chi connectivity index (χ4v) is 3.80. The molecule has 2 heterocycles. The van der Waals surface area contributed by atoms with Crippen LogP contribution in [0.15, 0.2) is 24.4 Å². The highest BCUT2D eigenvalue weighted by Crippen LogP contribution is 2.34. The number of thiazole rings is 1. The molecule has 0 aliphatic heterocycles. The average Bonchev–Trinajstić information content (AvgIpc) is 3.02. The monoisotopic (exact) mass is 319 g/mol. The first-order chi connectivity index (χ1) is 10.2. The molecule has 2 N–H and O–H groups in total. The van der Waals surface area contributed by atoms with Gasteiger partial charge >= 0.3 is 0 Å². The quantitative estimate of drug-likeness (QED) is 0.787. The van der Waals surface area contributed by atoms with Crippen LogP contribution in [-0.4, -0.2) is 15.9 Å². The Morgan fingerprint density at radius 3 is 2.86 bits per heavy atom. The van der Waals surface area contributed by atoms with Gasteiger partial charge in [0.15, 0.2) is 4.96 Å². The van der Waals surface area contributed by atoms with Gasteiger partial charge in [0, 0.05) is 27.6 Å². The Morgan fingerprint density at radius 1 is 1.38 bits per heavy atom. The molecular formula is C16H18ClN3S. The maximum atomic E-state index is 6.16. The van der Waals surface area contributed by atoms with E-state index < -0.39 is 0 Å². The second-order valence-corrected chi connectivity index (χ2v) is 6.57. The number of halogens is 1. The summed E-state index contributed by atoms with van der Waals surface area (Å²) in [5, 5.41) is 0.802. The van der Waals surface area contributed by atoms with E-state index in [1.807, 2.05) is 19.2 Å². The van der Waals surface area contributed by atoms with Gasteiger partial charge in [-0.25, -0.2) is 4.98 Å². The lowest BCUT2D eigenvalue weighted by Crippen LogP contribution is -2.05. The van der Waals surface area contributed by atoms with Gasteiger partial charge in [0.05, 0.1) is 11.9 Å². The fraction of sp³-hybridized carbons (Fsp3) is 0.312. The van der Waals surface area contributed by atoms with Crippen molar-refractivity contribution in [3.63, 3.8) is 0 Å². The Bertz CT molecular complexity index is 788. The molecule has 110 valence electrons. The summed E-state index contributed by atoms with van der Waals surface area (Å²) in [5.41, 5.74) is 10.4. The summed E-state index contributed by atoms with van der Waals surface area (Å²) < 4.78 is 2.25. The summed E-state index contributed by atoms with van der Waals surface area (Å²) in [6.07, 6.45) is 3.76. The van der Waals surface area contributed by atoms with Crippen molar-refractivity contribution in [2.75, 3.05) is 6.54 Å². The second kappa shape index (κ2) is 5.79. The van der Waals surface area contributed by atoms with Crippen molar-refractivity contribution in [1.29, 1.82) is 0 Å². The molecule has 0 saturated carbocycles. The molecule has 0 unspecified atom stereocenters. The third-order valence-electron chi connectivity index (χ3n) is 3.66. The molecule has 0 spiro atoms. The van der Waals surface area contributed by atoms with Crippen LogP contribution in [0.3, 0.4) is 0 Å². The second-order valence-electron chi connectivity index (χ2n) is 5.10. The van der Waals surface area contributed by atoms with Crippen LogP contribution in [-0.2, 0) is 12.8 Å². The van der Waals surface area contributed by atoms with E-state index >= 15 is 0 Å². The molecule has 0 atom stereocenters. The normalized spacial score (nSPS) is 11.4. The smallest absolute Gasteiger partial charge is 0.194 e. The number of aromatic nitrogens is 2. The van der Waals surface area contributed by atoms with Crippen LogP contribution >= 0.6 is 22.9 Å². The maximum absolute atomic E-state index is 6.16. The zero-order valence-corrected chi connectivity index (χ0v) is 13.8. The molecular weight excluding hydrogens is 302 g/mol. The molecule has 0 bridgehead atoms. The number of fused-ring (bicyclic) bond motifs is 1. The van der Waals surface area contributed by atoms with Crippen LogP contribution < -0.4 is 5.73 Å². The lowest BCUT2D eigenvalue weighted by Gasteiger charge is -2.08. The van der Waals surface area contributed by atoms with Crippen LogP contribution in [0, 0.1) is 6.92 Å². The Kier molecular flexibility index (Phi) is 4.02. The number of rotatable bonds is 4. The van der Waals surface area contributed by atoms with Crippen molar-refractivity contribution in [3.05, 3.63) is 45.6 Å². The third-order valence-corrected chi connectivity index (χ3v) is 5.28. The summed E-state index contributed by atoms with van der Waals surface area (Å²) in [5.74, 6) is 0. The van der Waals surface area contributed by atoms with E-state index in [4.69, 9.17) is 17.3 Å². The highest BCUT2D eigenvalue weighted by Gasteiger charge is 2.17. The first-order valence-electron chi connectivity index (χ1n) is 7.10. The molecule has 0 amide bonds. The Labute approximate surface area is 133 Å². The molecule has 21 heavy (non-hydrogen) atoms. The van der Waals surface area contributed by atoms with Crippen LogP contribution in [0.2, 0.25) is 5.02 Å². The zero-order valence-electron chi connectivity index (χ0n) is 12.2. The predicted octanol–water partition coefficient (Wildman–Crippen LogP) is 4.09. The van der Waals surface area contributed by atoms with Crippen molar-refractivity contribution in [1.82, 2.24) is 9.38 Å². The van der Waals surface area contributed by atoms with Gasteiger partial charge in [0.25, 0.3) is 0 Å².